The minimum Gasteiger partial charge on any atom is -0.395 e. The summed E-state index contributed by atoms with van der Waals surface area (Å²) in [5, 5.41) is 8.66. The molecular formula is C13H16N2O2. The summed E-state index contributed by atoms with van der Waals surface area (Å²) in [6.07, 6.45) is 3.54. The number of rotatable bonds is 3. The van der Waals surface area contributed by atoms with Gasteiger partial charge in [0, 0.05) is 32.4 Å². The summed E-state index contributed by atoms with van der Waals surface area (Å²) in [6, 6.07) is 1.66. The predicted molar refractivity (Wildman–Crippen MR) is 65.5 cm³/mol. The fourth-order valence-electron chi connectivity index (χ4n) is 1.24. The molecule has 0 saturated carbocycles. The molecule has 1 amide bonds. The lowest BCUT2D eigenvalue weighted by atomic mass is 10.1. The van der Waals surface area contributed by atoms with Gasteiger partial charge in [0.1, 0.15) is 0 Å². The summed E-state index contributed by atoms with van der Waals surface area (Å²) < 4.78 is 0. The van der Waals surface area contributed by atoms with Crippen LogP contribution in [0.25, 0.3) is 0 Å². The highest BCUT2D eigenvalue weighted by Crippen LogP contribution is 2.08. The third-order valence-electron chi connectivity index (χ3n) is 2.33. The first-order valence-electron chi connectivity index (χ1n) is 5.50. The minimum absolute atomic E-state index is 0.0193. The third-order valence-corrected chi connectivity index (χ3v) is 2.33. The van der Waals surface area contributed by atoms with Gasteiger partial charge < -0.3 is 10.0 Å². The summed E-state index contributed by atoms with van der Waals surface area (Å²) in [5.41, 5.74) is 1.15. The largest absolute Gasteiger partial charge is 0.395 e. The molecule has 0 atom stereocenters. The zero-order chi connectivity index (χ0) is 12.7. The van der Waals surface area contributed by atoms with Crippen LogP contribution in [-0.4, -0.2) is 41.1 Å². The topological polar surface area (TPSA) is 53.4 Å². The van der Waals surface area contributed by atoms with Crippen molar-refractivity contribution in [3.05, 3.63) is 29.6 Å². The maximum atomic E-state index is 12.0. The van der Waals surface area contributed by atoms with Gasteiger partial charge in [-0.05, 0) is 13.0 Å². The molecule has 0 bridgehead atoms. The van der Waals surface area contributed by atoms with E-state index in [2.05, 4.69) is 16.8 Å². The van der Waals surface area contributed by atoms with Gasteiger partial charge in [0.15, 0.2) is 0 Å². The van der Waals surface area contributed by atoms with Crippen LogP contribution >= 0.6 is 0 Å². The molecule has 1 rings (SSSR count). The molecular weight excluding hydrogens is 216 g/mol. The Bertz CT molecular complexity index is 446. The number of pyridine rings is 1. The molecule has 0 saturated heterocycles. The Hall–Kier alpha value is -1.86. The van der Waals surface area contributed by atoms with Crippen molar-refractivity contribution in [3.8, 4) is 11.8 Å². The number of hydrogen-bond acceptors (Lipinski definition) is 3. The Balaban J connectivity index is 3.01. The van der Waals surface area contributed by atoms with Crippen molar-refractivity contribution < 1.29 is 9.90 Å². The van der Waals surface area contributed by atoms with E-state index in [-0.39, 0.29) is 12.5 Å². The first kappa shape index (κ1) is 13.2. The Morgan fingerprint density at radius 3 is 3.00 bits per heavy atom. The smallest absolute Gasteiger partial charge is 0.254 e. The molecule has 0 aliphatic carbocycles. The lowest BCUT2D eigenvalue weighted by Gasteiger charge is -2.15. The number of aliphatic hydroxyl groups is 1. The highest BCUT2D eigenvalue weighted by atomic mass is 16.2. The minimum atomic E-state index is -0.0665. The molecule has 0 aliphatic rings. The lowest BCUT2D eigenvalue weighted by molar-refractivity contribution is 0.0802. The first-order chi connectivity index (χ1) is 8.20. The number of aromatic nitrogens is 1. The van der Waals surface area contributed by atoms with Gasteiger partial charge in [-0.15, -0.1) is 0 Å². The van der Waals surface area contributed by atoms with Crippen LogP contribution in [0.3, 0.4) is 0 Å². The van der Waals surface area contributed by atoms with Crippen LogP contribution in [0.2, 0.25) is 0 Å². The van der Waals surface area contributed by atoms with E-state index in [0.717, 1.165) is 0 Å². The van der Waals surface area contributed by atoms with E-state index in [1.807, 2.05) is 6.92 Å². The van der Waals surface area contributed by atoms with Gasteiger partial charge in [-0.25, -0.2) is 0 Å². The van der Waals surface area contributed by atoms with Crippen LogP contribution in [0.4, 0.5) is 0 Å². The Kier molecular flexibility index (Phi) is 5.18. The summed E-state index contributed by atoms with van der Waals surface area (Å²) in [7, 11) is 1.74. The molecule has 0 fully saturated rings. The number of aliphatic hydroxyl groups excluding tert-OH is 1. The number of amides is 1. The van der Waals surface area contributed by atoms with Crippen LogP contribution in [0.15, 0.2) is 18.5 Å². The zero-order valence-electron chi connectivity index (χ0n) is 10.1. The predicted octanol–water partition coefficient (Wildman–Crippen LogP) is 0.907. The van der Waals surface area contributed by atoms with Gasteiger partial charge in [0.25, 0.3) is 5.91 Å². The Labute approximate surface area is 101 Å². The molecule has 0 spiro atoms. The highest BCUT2D eigenvalue weighted by Gasteiger charge is 2.13. The number of hydrogen-bond donors (Lipinski definition) is 1. The molecule has 0 aliphatic heterocycles. The van der Waals surface area contributed by atoms with Crippen LogP contribution in [0.5, 0.6) is 0 Å². The van der Waals surface area contributed by atoms with Gasteiger partial charge >= 0.3 is 0 Å². The van der Waals surface area contributed by atoms with Gasteiger partial charge in [0.05, 0.1) is 17.7 Å². The Morgan fingerprint density at radius 1 is 1.59 bits per heavy atom. The first-order valence-corrected chi connectivity index (χ1v) is 5.50. The van der Waals surface area contributed by atoms with Crippen LogP contribution in [0.1, 0.15) is 29.3 Å². The van der Waals surface area contributed by atoms with Crippen molar-refractivity contribution in [1.82, 2.24) is 9.88 Å². The Morgan fingerprint density at radius 2 is 2.35 bits per heavy atom. The molecule has 1 aromatic heterocycles. The van der Waals surface area contributed by atoms with Gasteiger partial charge in [-0.1, -0.05) is 11.8 Å². The second-order valence-electron chi connectivity index (χ2n) is 3.52. The normalized spacial score (nSPS) is 9.35. The molecule has 0 unspecified atom stereocenters. The van der Waals surface area contributed by atoms with Crippen LogP contribution in [0, 0.1) is 11.8 Å². The van der Waals surface area contributed by atoms with Crippen molar-refractivity contribution >= 4 is 5.91 Å². The molecule has 17 heavy (non-hydrogen) atoms. The van der Waals surface area contributed by atoms with Crippen molar-refractivity contribution in [2.75, 3.05) is 20.2 Å². The van der Waals surface area contributed by atoms with Gasteiger partial charge in [-0.3, -0.25) is 9.78 Å². The highest BCUT2D eigenvalue weighted by molar-refractivity contribution is 5.96. The zero-order valence-corrected chi connectivity index (χ0v) is 10.1. The van der Waals surface area contributed by atoms with Crippen molar-refractivity contribution in [3.63, 3.8) is 0 Å². The molecule has 0 aromatic carbocycles. The summed E-state index contributed by atoms with van der Waals surface area (Å²) in [4.78, 5) is 17.6. The molecule has 4 heteroatoms. The average Bonchev–Trinajstić information content (AvgIpc) is 2.38. The van der Waals surface area contributed by atoms with Crippen molar-refractivity contribution in [2.45, 2.75) is 13.3 Å². The van der Waals surface area contributed by atoms with Gasteiger partial charge in [-0.2, -0.15) is 0 Å². The van der Waals surface area contributed by atoms with Crippen LogP contribution in [-0.2, 0) is 0 Å². The lowest BCUT2D eigenvalue weighted by Crippen LogP contribution is -2.26. The average molecular weight is 232 g/mol. The quantitative estimate of drug-likeness (QED) is 0.788. The van der Waals surface area contributed by atoms with E-state index in [1.54, 1.807) is 30.4 Å². The molecule has 4 nitrogen and oxygen atoms in total. The third kappa shape index (κ3) is 3.58. The molecule has 1 aromatic rings. The summed E-state index contributed by atoms with van der Waals surface area (Å²) >= 11 is 0. The summed E-state index contributed by atoms with van der Waals surface area (Å²) in [5.74, 6) is 5.58. The number of carbonyl (C=O) groups is 1. The fraction of sp³-hybridized carbons (Fsp3) is 0.385. The maximum absolute atomic E-state index is 12.0. The SMILES string of the molecule is CCN(C)C(=O)c1ccncc1C#CCCO. The monoisotopic (exact) mass is 232 g/mol. The summed E-state index contributed by atoms with van der Waals surface area (Å²) in [6.45, 7) is 2.58. The second kappa shape index (κ2) is 6.66. The van der Waals surface area contributed by atoms with Crippen LogP contribution < -0.4 is 0 Å². The molecule has 1 N–H and O–H groups in total. The standard InChI is InChI=1S/C13H16N2O2/c1-3-15(2)13(17)12-7-8-14-10-11(12)6-4-5-9-16/h7-8,10,16H,3,5,9H2,1-2H3. The van der Waals surface area contributed by atoms with Gasteiger partial charge in [0.2, 0.25) is 0 Å². The maximum Gasteiger partial charge on any atom is 0.254 e. The van der Waals surface area contributed by atoms with E-state index in [4.69, 9.17) is 5.11 Å². The van der Waals surface area contributed by atoms with E-state index in [9.17, 15) is 4.79 Å². The fourth-order valence-corrected chi connectivity index (χ4v) is 1.24. The van der Waals surface area contributed by atoms with E-state index in [0.29, 0.717) is 24.1 Å². The van der Waals surface area contributed by atoms with E-state index in [1.165, 1.54) is 0 Å². The van der Waals surface area contributed by atoms with E-state index >= 15 is 0 Å². The molecule has 90 valence electrons. The molecule has 1 heterocycles. The second-order valence-corrected chi connectivity index (χ2v) is 3.52. The molecule has 0 radical (unpaired) electrons. The van der Waals surface area contributed by atoms with Crippen molar-refractivity contribution in [2.24, 2.45) is 0 Å². The number of nitrogens with zero attached hydrogens (tertiary/aromatic N) is 2. The van der Waals surface area contributed by atoms with E-state index < -0.39 is 0 Å². The number of carbonyl (C=O) groups excluding carboxylic acids is 1. The van der Waals surface area contributed by atoms with Crippen molar-refractivity contribution in [1.29, 1.82) is 0 Å².